The molecule has 2 aromatic carbocycles. The summed E-state index contributed by atoms with van der Waals surface area (Å²) >= 11 is 6.03. The number of amides is 1. The second-order valence-electron chi connectivity index (χ2n) is 9.29. The Balaban J connectivity index is 1.33. The maximum absolute atomic E-state index is 13.3. The number of nitrogens with zero attached hydrogens (tertiary/aromatic N) is 2. The molecule has 2 aliphatic heterocycles. The number of halogens is 1. The SMILES string of the molecule is COc1ccc(Cl)cc1S(=O)(=O)N1CCCC(C(=O)NCCc2ccc(S(=O)(=O)N3CCCC3)cc2)C1. The number of ether oxygens (including phenoxy) is 1. The monoisotopic (exact) mass is 569 g/mol. The molecule has 9 nitrogen and oxygen atoms in total. The second-order valence-corrected chi connectivity index (χ2v) is 13.6. The van der Waals surface area contributed by atoms with Crippen molar-refractivity contribution in [3.8, 4) is 5.75 Å². The molecule has 2 aromatic rings. The van der Waals surface area contributed by atoms with Crippen LogP contribution in [0.2, 0.25) is 5.02 Å². The topological polar surface area (TPSA) is 113 Å². The Morgan fingerprint density at radius 1 is 0.973 bits per heavy atom. The van der Waals surface area contributed by atoms with E-state index in [0.717, 1.165) is 18.4 Å². The van der Waals surface area contributed by atoms with Crippen LogP contribution in [-0.2, 0) is 31.3 Å². The van der Waals surface area contributed by atoms with Crippen LogP contribution in [-0.4, -0.2) is 71.2 Å². The normalized spacial score (nSPS) is 19.6. The van der Waals surface area contributed by atoms with Gasteiger partial charge in [0.2, 0.25) is 26.0 Å². The standard InChI is InChI=1S/C25H32ClN3O6S2/c1-35-23-11-8-21(26)17-24(23)37(33,34)29-16-4-5-20(18-29)25(30)27-13-12-19-6-9-22(10-7-19)36(31,32)28-14-2-3-15-28/h6-11,17,20H,2-5,12-16,18H2,1H3,(H,27,30). The molecule has 0 bridgehead atoms. The molecule has 0 aromatic heterocycles. The summed E-state index contributed by atoms with van der Waals surface area (Å²) in [5, 5.41) is 3.19. The quantitative estimate of drug-likeness (QED) is 0.497. The van der Waals surface area contributed by atoms with E-state index < -0.39 is 26.0 Å². The van der Waals surface area contributed by atoms with E-state index in [-0.39, 0.29) is 33.0 Å². The molecule has 2 saturated heterocycles. The van der Waals surface area contributed by atoms with Gasteiger partial charge in [0.05, 0.1) is 17.9 Å². The molecule has 4 rings (SSSR count). The second kappa shape index (κ2) is 11.7. The number of sulfonamides is 2. The van der Waals surface area contributed by atoms with Crippen molar-refractivity contribution in [3.63, 3.8) is 0 Å². The lowest BCUT2D eigenvalue weighted by Crippen LogP contribution is -2.45. The lowest BCUT2D eigenvalue weighted by molar-refractivity contribution is -0.126. The number of carbonyl (C=O) groups excluding carboxylic acids is 1. The third-order valence-electron chi connectivity index (χ3n) is 6.84. The molecular weight excluding hydrogens is 538 g/mol. The summed E-state index contributed by atoms with van der Waals surface area (Å²) in [6.07, 6.45) is 3.46. The van der Waals surface area contributed by atoms with E-state index in [1.807, 2.05) is 0 Å². The van der Waals surface area contributed by atoms with Crippen LogP contribution in [0, 0.1) is 5.92 Å². The van der Waals surface area contributed by atoms with Gasteiger partial charge in [-0.25, -0.2) is 16.8 Å². The Hall–Kier alpha value is -2.18. The first kappa shape index (κ1) is 27.8. The summed E-state index contributed by atoms with van der Waals surface area (Å²) in [7, 11) is -5.94. The van der Waals surface area contributed by atoms with Gasteiger partial charge in [0.25, 0.3) is 0 Å². The van der Waals surface area contributed by atoms with Crippen LogP contribution in [0.5, 0.6) is 5.75 Å². The van der Waals surface area contributed by atoms with Crippen molar-refractivity contribution in [3.05, 3.63) is 53.1 Å². The average Bonchev–Trinajstić information content (AvgIpc) is 3.45. The van der Waals surface area contributed by atoms with E-state index in [1.54, 1.807) is 30.3 Å². The van der Waals surface area contributed by atoms with Gasteiger partial charge in [-0.1, -0.05) is 23.7 Å². The van der Waals surface area contributed by atoms with Crippen LogP contribution in [0.1, 0.15) is 31.2 Å². The molecule has 2 heterocycles. The zero-order chi connectivity index (χ0) is 26.6. The van der Waals surface area contributed by atoms with Gasteiger partial charge in [-0.3, -0.25) is 4.79 Å². The van der Waals surface area contributed by atoms with Gasteiger partial charge < -0.3 is 10.1 Å². The number of hydrogen-bond acceptors (Lipinski definition) is 6. The molecule has 1 N–H and O–H groups in total. The summed E-state index contributed by atoms with van der Waals surface area (Å²) in [5.74, 6) is -0.469. The van der Waals surface area contributed by atoms with Gasteiger partial charge in [0.15, 0.2) is 0 Å². The Labute approximate surface area is 223 Å². The molecule has 0 spiro atoms. The number of carbonyl (C=O) groups is 1. The van der Waals surface area contributed by atoms with Crippen molar-refractivity contribution in [2.45, 2.75) is 41.9 Å². The summed E-state index contributed by atoms with van der Waals surface area (Å²) in [4.78, 5) is 13.1. The van der Waals surface area contributed by atoms with Crippen LogP contribution in [0.4, 0.5) is 0 Å². The third kappa shape index (κ3) is 6.28. The fourth-order valence-electron chi connectivity index (χ4n) is 4.75. The number of methoxy groups -OCH3 is 1. The molecule has 1 unspecified atom stereocenters. The van der Waals surface area contributed by atoms with Crippen LogP contribution < -0.4 is 10.1 Å². The number of piperidine rings is 1. The molecule has 0 radical (unpaired) electrons. The van der Waals surface area contributed by atoms with Crippen LogP contribution in [0.3, 0.4) is 0 Å². The summed E-state index contributed by atoms with van der Waals surface area (Å²) in [6, 6.07) is 11.2. The largest absolute Gasteiger partial charge is 0.495 e. The first-order valence-corrected chi connectivity index (χ1v) is 15.6. The van der Waals surface area contributed by atoms with Crippen molar-refractivity contribution >= 4 is 37.6 Å². The Morgan fingerprint density at radius 2 is 1.65 bits per heavy atom. The minimum atomic E-state index is -3.89. The third-order valence-corrected chi connectivity index (χ3v) is 10.9. The molecule has 2 aliphatic rings. The van der Waals surface area contributed by atoms with E-state index in [4.69, 9.17) is 16.3 Å². The Morgan fingerprint density at radius 3 is 2.32 bits per heavy atom. The maximum atomic E-state index is 13.3. The fraction of sp³-hybridized carbons (Fsp3) is 0.480. The maximum Gasteiger partial charge on any atom is 0.246 e. The summed E-state index contributed by atoms with van der Waals surface area (Å²) in [5.41, 5.74) is 0.904. The van der Waals surface area contributed by atoms with Crippen molar-refractivity contribution in [2.24, 2.45) is 5.92 Å². The molecule has 37 heavy (non-hydrogen) atoms. The van der Waals surface area contributed by atoms with Gasteiger partial charge in [0, 0.05) is 37.7 Å². The number of rotatable bonds is 9. The molecule has 0 aliphatic carbocycles. The molecule has 2 fully saturated rings. The number of nitrogens with one attached hydrogen (secondary N) is 1. The van der Waals surface area contributed by atoms with E-state index in [9.17, 15) is 21.6 Å². The zero-order valence-corrected chi connectivity index (χ0v) is 23.1. The van der Waals surface area contributed by atoms with Crippen LogP contribution in [0.15, 0.2) is 52.3 Å². The van der Waals surface area contributed by atoms with Gasteiger partial charge in [-0.05, 0) is 68.0 Å². The highest BCUT2D eigenvalue weighted by atomic mass is 35.5. The van der Waals surface area contributed by atoms with Gasteiger partial charge in [-0.2, -0.15) is 8.61 Å². The van der Waals surface area contributed by atoms with E-state index in [1.165, 1.54) is 27.9 Å². The van der Waals surface area contributed by atoms with E-state index >= 15 is 0 Å². The van der Waals surface area contributed by atoms with Gasteiger partial charge in [-0.15, -0.1) is 0 Å². The lowest BCUT2D eigenvalue weighted by Gasteiger charge is -2.31. The highest BCUT2D eigenvalue weighted by Gasteiger charge is 2.35. The van der Waals surface area contributed by atoms with E-state index in [2.05, 4.69) is 5.32 Å². The minimum absolute atomic E-state index is 0.0150. The van der Waals surface area contributed by atoms with Crippen LogP contribution in [0.25, 0.3) is 0 Å². The van der Waals surface area contributed by atoms with Gasteiger partial charge >= 0.3 is 0 Å². The van der Waals surface area contributed by atoms with Crippen molar-refractivity contribution in [1.29, 1.82) is 0 Å². The van der Waals surface area contributed by atoms with Crippen LogP contribution >= 0.6 is 11.6 Å². The lowest BCUT2D eigenvalue weighted by atomic mass is 9.99. The molecule has 12 heteroatoms. The van der Waals surface area contributed by atoms with Crippen molar-refractivity contribution in [1.82, 2.24) is 13.9 Å². The smallest absolute Gasteiger partial charge is 0.246 e. The Bertz CT molecular complexity index is 1330. The molecular formula is C25H32ClN3O6S2. The minimum Gasteiger partial charge on any atom is -0.495 e. The first-order chi connectivity index (χ1) is 17.6. The fourth-order valence-corrected chi connectivity index (χ4v) is 8.21. The summed E-state index contributed by atoms with van der Waals surface area (Å²) < 4.78 is 59.9. The number of hydrogen-bond donors (Lipinski definition) is 1. The molecule has 1 atom stereocenters. The molecule has 1 amide bonds. The van der Waals surface area contributed by atoms with Crippen molar-refractivity contribution in [2.75, 3.05) is 39.8 Å². The molecule has 202 valence electrons. The first-order valence-electron chi connectivity index (χ1n) is 12.3. The highest BCUT2D eigenvalue weighted by Crippen LogP contribution is 2.32. The zero-order valence-electron chi connectivity index (χ0n) is 20.7. The highest BCUT2D eigenvalue weighted by molar-refractivity contribution is 7.89. The summed E-state index contributed by atoms with van der Waals surface area (Å²) in [6.45, 7) is 1.87. The molecule has 0 saturated carbocycles. The average molecular weight is 570 g/mol. The van der Waals surface area contributed by atoms with Gasteiger partial charge in [0.1, 0.15) is 10.6 Å². The predicted octanol–water partition coefficient (Wildman–Crippen LogP) is 2.89. The number of benzene rings is 2. The predicted molar refractivity (Wildman–Crippen MR) is 141 cm³/mol. The Kier molecular flexibility index (Phi) is 8.80. The van der Waals surface area contributed by atoms with E-state index in [0.29, 0.717) is 45.4 Å². The van der Waals surface area contributed by atoms with Crippen molar-refractivity contribution < 1.29 is 26.4 Å².